The van der Waals surface area contributed by atoms with Crippen molar-refractivity contribution < 1.29 is 13.6 Å². The summed E-state index contributed by atoms with van der Waals surface area (Å²) >= 11 is 3.60. The van der Waals surface area contributed by atoms with Crippen molar-refractivity contribution in [2.75, 3.05) is 12.8 Å². The molecule has 2 aromatic rings. The van der Waals surface area contributed by atoms with Crippen molar-refractivity contribution in [3.63, 3.8) is 0 Å². The van der Waals surface area contributed by atoms with Crippen LogP contribution in [0.15, 0.2) is 63.5 Å². The molecule has 0 radical (unpaired) electrons. The van der Waals surface area contributed by atoms with Crippen LogP contribution in [-0.2, 0) is 13.6 Å². The molecule has 1 atom stereocenters. The van der Waals surface area contributed by atoms with E-state index in [0.29, 0.717) is 12.8 Å². The molecule has 2 aromatic carbocycles. The van der Waals surface area contributed by atoms with Gasteiger partial charge in [0.05, 0.1) is 0 Å². The summed E-state index contributed by atoms with van der Waals surface area (Å²) in [5.74, 6) is 0.748. The Morgan fingerprint density at radius 1 is 1.16 bits per heavy atom. The van der Waals surface area contributed by atoms with E-state index in [4.69, 9.17) is 9.05 Å². The van der Waals surface area contributed by atoms with Crippen molar-refractivity contribution in [1.29, 1.82) is 0 Å². The second-order valence-corrected chi connectivity index (χ2v) is 11.1. The van der Waals surface area contributed by atoms with E-state index in [2.05, 4.69) is 40.2 Å². The summed E-state index contributed by atoms with van der Waals surface area (Å²) in [6.45, 7) is 2.25. The van der Waals surface area contributed by atoms with Gasteiger partial charge in [0.1, 0.15) is 0 Å². The van der Waals surface area contributed by atoms with Crippen LogP contribution in [0, 0.1) is 0 Å². The first-order chi connectivity index (χ1) is 12.1. The minimum atomic E-state index is -3.08. The summed E-state index contributed by atoms with van der Waals surface area (Å²) < 4.78 is 28.2. The molecule has 0 spiro atoms. The molecule has 1 aliphatic heterocycles. The number of hydrogen-bond acceptors (Lipinski definition) is 3. The average Bonchev–Trinajstić information content (AvgIpc) is 2.77. The molecule has 1 unspecified atom stereocenters. The SMILES string of the molecule is CCOP1(=O)CCCC([Se]c2ccc(Br)cc2)=C(c2ccccc2)O1. The standard InChI is InChI=1S/C19H20BrO3PSe/c1-2-22-24(21)14-6-9-18(25-17-12-10-16(20)11-13-17)19(23-24)15-7-4-3-5-8-15/h3-5,7-8,10-13H,2,6,9,14H2,1H3. The molecule has 0 saturated heterocycles. The molecular weight excluding hydrogens is 466 g/mol. The van der Waals surface area contributed by atoms with Crippen LogP contribution in [0.4, 0.5) is 0 Å². The van der Waals surface area contributed by atoms with Crippen molar-refractivity contribution in [3.8, 4) is 0 Å². The van der Waals surface area contributed by atoms with Crippen LogP contribution in [0.1, 0.15) is 25.3 Å². The van der Waals surface area contributed by atoms with Crippen molar-refractivity contribution in [3.05, 3.63) is 69.1 Å². The van der Waals surface area contributed by atoms with Gasteiger partial charge < -0.3 is 0 Å². The van der Waals surface area contributed by atoms with Crippen molar-refractivity contribution in [1.82, 2.24) is 0 Å². The molecule has 6 heteroatoms. The van der Waals surface area contributed by atoms with E-state index in [0.717, 1.165) is 28.6 Å². The van der Waals surface area contributed by atoms with Gasteiger partial charge in [0, 0.05) is 0 Å². The van der Waals surface area contributed by atoms with Gasteiger partial charge in [-0.05, 0) is 0 Å². The van der Waals surface area contributed by atoms with Gasteiger partial charge in [-0.3, -0.25) is 0 Å². The monoisotopic (exact) mass is 486 g/mol. The van der Waals surface area contributed by atoms with E-state index in [1.54, 1.807) is 0 Å². The summed E-state index contributed by atoms with van der Waals surface area (Å²) in [5.41, 5.74) is 0.971. The number of halogens is 1. The molecule has 3 rings (SSSR count). The average molecular weight is 486 g/mol. The van der Waals surface area contributed by atoms with E-state index in [-0.39, 0.29) is 15.0 Å². The van der Waals surface area contributed by atoms with E-state index in [1.165, 1.54) is 8.93 Å². The Morgan fingerprint density at radius 3 is 2.56 bits per heavy atom. The van der Waals surface area contributed by atoms with Crippen molar-refractivity contribution >= 4 is 48.7 Å². The molecule has 0 amide bonds. The predicted molar refractivity (Wildman–Crippen MR) is 107 cm³/mol. The molecule has 0 saturated carbocycles. The van der Waals surface area contributed by atoms with Crippen LogP contribution in [0.2, 0.25) is 0 Å². The van der Waals surface area contributed by atoms with Gasteiger partial charge >= 0.3 is 164 Å². The first-order valence-corrected chi connectivity index (χ1v) is 12.5. The molecular formula is C19H20BrO3PSe. The number of benzene rings is 2. The first-order valence-electron chi connectivity index (χ1n) is 8.25. The Balaban J connectivity index is 1.99. The van der Waals surface area contributed by atoms with Gasteiger partial charge in [-0.15, -0.1) is 0 Å². The topological polar surface area (TPSA) is 35.5 Å². The quantitative estimate of drug-likeness (QED) is 0.432. The van der Waals surface area contributed by atoms with E-state index < -0.39 is 7.60 Å². The second-order valence-electron chi connectivity index (χ2n) is 5.62. The first kappa shape index (κ1) is 18.9. The summed E-state index contributed by atoms with van der Waals surface area (Å²) in [7, 11) is -3.08. The molecule has 1 aliphatic rings. The normalized spacial score (nSPS) is 20.9. The number of hydrogen-bond donors (Lipinski definition) is 0. The molecule has 0 bridgehead atoms. The zero-order chi connectivity index (χ0) is 17.7. The van der Waals surface area contributed by atoms with Gasteiger partial charge in [0.15, 0.2) is 0 Å². The van der Waals surface area contributed by atoms with Gasteiger partial charge in [-0.1, -0.05) is 0 Å². The molecule has 1 heterocycles. The fourth-order valence-electron chi connectivity index (χ4n) is 2.62. The summed E-state index contributed by atoms with van der Waals surface area (Å²) in [6.07, 6.45) is 2.18. The van der Waals surface area contributed by atoms with Crippen LogP contribution in [0.5, 0.6) is 0 Å². The molecule has 25 heavy (non-hydrogen) atoms. The van der Waals surface area contributed by atoms with Crippen LogP contribution in [0.3, 0.4) is 0 Å². The molecule has 0 aliphatic carbocycles. The maximum atomic E-state index is 13.0. The Bertz CT molecular complexity index is 790. The Kier molecular flexibility index (Phi) is 6.60. The van der Waals surface area contributed by atoms with Crippen LogP contribution < -0.4 is 4.46 Å². The third-order valence-corrected chi connectivity index (χ3v) is 8.64. The van der Waals surface area contributed by atoms with Gasteiger partial charge in [0.25, 0.3) is 0 Å². The Morgan fingerprint density at radius 2 is 1.88 bits per heavy atom. The Hall–Kier alpha value is -0.831. The predicted octanol–water partition coefficient (Wildman–Crippen LogP) is 5.19. The number of allylic oxidation sites excluding steroid dienone is 1. The van der Waals surface area contributed by atoms with E-state index in [1.807, 2.05) is 37.3 Å². The van der Waals surface area contributed by atoms with Gasteiger partial charge in [0.2, 0.25) is 0 Å². The van der Waals surface area contributed by atoms with Crippen molar-refractivity contribution in [2.24, 2.45) is 0 Å². The molecule has 0 aromatic heterocycles. The van der Waals surface area contributed by atoms with Gasteiger partial charge in [-0.2, -0.15) is 0 Å². The van der Waals surface area contributed by atoms with E-state index in [9.17, 15) is 4.57 Å². The summed E-state index contributed by atoms with van der Waals surface area (Å²) in [6, 6.07) is 18.3. The molecule has 0 fully saturated rings. The second kappa shape index (κ2) is 8.70. The fraction of sp³-hybridized carbons (Fsp3) is 0.263. The zero-order valence-electron chi connectivity index (χ0n) is 14.0. The summed E-state index contributed by atoms with van der Waals surface area (Å²) in [4.78, 5) is 0. The Labute approximate surface area is 163 Å². The minimum absolute atomic E-state index is 0.118. The molecule has 0 N–H and O–H groups in total. The summed E-state index contributed by atoms with van der Waals surface area (Å²) in [5, 5.41) is 0. The van der Waals surface area contributed by atoms with Gasteiger partial charge in [-0.25, -0.2) is 0 Å². The fourth-order valence-corrected chi connectivity index (χ4v) is 6.94. The molecule has 132 valence electrons. The van der Waals surface area contributed by atoms with Crippen LogP contribution in [-0.4, -0.2) is 27.7 Å². The van der Waals surface area contributed by atoms with Crippen LogP contribution in [0.25, 0.3) is 5.76 Å². The maximum absolute atomic E-state index is 13.0. The van der Waals surface area contributed by atoms with Crippen LogP contribution >= 0.6 is 23.5 Å². The van der Waals surface area contributed by atoms with Crippen molar-refractivity contribution in [2.45, 2.75) is 19.8 Å². The third-order valence-electron chi connectivity index (χ3n) is 3.74. The zero-order valence-corrected chi connectivity index (χ0v) is 18.2. The third kappa shape index (κ3) is 5.09. The number of rotatable bonds is 5. The van der Waals surface area contributed by atoms with E-state index >= 15 is 0 Å². The molecule has 3 nitrogen and oxygen atoms in total.